The predicted molar refractivity (Wildman–Crippen MR) is 99.8 cm³/mol. The lowest BCUT2D eigenvalue weighted by Gasteiger charge is -2.34. The molecule has 1 aromatic carbocycles. The summed E-state index contributed by atoms with van der Waals surface area (Å²) in [5.41, 5.74) is 6.41. The fourth-order valence-electron chi connectivity index (χ4n) is 2.81. The van der Waals surface area contributed by atoms with Gasteiger partial charge < -0.3 is 20.5 Å². The number of hydrogen-bond acceptors (Lipinski definition) is 4. The largest absolute Gasteiger partial charge is 0.493 e. The van der Waals surface area contributed by atoms with Crippen molar-refractivity contribution in [3.8, 4) is 5.75 Å². The smallest absolute Gasteiger partial charge is 0.240 e. The minimum absolute atomic E-state index is 0.0826. The molecule has 0 radical (unpaired) electrons. The third-order valence-corrected chi connectivity index (χ3v) is 4.75. The van der Waals surface area contributed by atoms with Crippen LogP contribution in [0.25, 0.3) is 0 Å². The first-order valence-corrected chi connectivity index (χ1v) is 9.11. The summed E-state index contributed by atoms with van der Waals surface area (Å²) in [5.74, 6) is 1.29. The lowest BCUT2D eigenvalue weighted by atomic mass is 9.83. The van der Waals surface area contributed by atoms with Crippen molar-refractivity contribution in [2.24, 2.45) is 11.7 Å². The zero-order chi connectivity index (χ0) is 18.5. The van der Waals surface area contributed by atoms with Gasteiger partial charge in [-0.2, -0.15) is 0 Å². The van der Waals surface area contributed by atoms with Crippen molar-refractivity contribution in [1.82, 2.24) is 5.32 Å². The fourth-order valence-corrected chi connectivity index (χ4v) is 2.81. The summed E-state index contributed by atoms with van der Waals surface area (Å²) in [6.45, 7) is 10.8. The van der Waals surface area contributed by atoms with Gasteiger partial charge in [-0.3, -0.25) is 4.79 Å². The maximum absolute atomic E-state index is 12.5. The number of benzene rings is 1. The van der Waals surface area contributed by atoms with Crippen LogP contribution in [0.2, 0.25) is 0 Å². The number of amides is 1. The van der Waals surface area contributed by atoms with Crippen LogP contribution in [0, 0.1) is 5.92 Å². The highest BCUT2D eigenvalue weighted by atomic mass is 16.5. The van der Waals surface area contributed by atoms with Gasteiger partial charge in [-0.15, -0.1) is 0 Å². The molecule has 5 heteroatoms. The number of carbonyl (C=O) groups is 1. The lowest BCUT2D eigenvalue weighted by Crippen LogP contribution is -2.58. The van der Waals surface area contributed by atoms with Crippen molar-refractivity contribution in [1.29, 1.82) is 0 Å². The topological polar surface area (TPSA) is 73.6 Å². The number of carbonyl (C=O) groups excluding carboxylic acids is 1. The molecule has 5 nitrogen and oxygen atoms in total. The quantitative estimate of drug-likeness (QED) is 0.794. The normalized spacial score (nSPS) is 17.4. The van der Waals surface area contributed by atoms with Crippen molar-refractivity contribution in [2.45, 2.75) is 51.5 Å². The second-order valence-corrected chi connectivity index (χ2v) is 8.06. The van der Waals surface area contributed by atoms with E-state index in [0.29, 0.717) is 45.1 Å². The van der Waals surface area contributed by atoms with E-state index in [0.717, 1.165) is 11.3 Å². The summed E-state index contributed by atoms with van der Waals surface area (Å²) in [6.07, 6.45) is 1.14. The highest BCUT2D eigenvalue weighted by Crippen LogP contribution is 2.25. The van der Waals surface area contributed by atoms with Crippen molar-refractivity contribution in [2.75, 3.05) is 26.4 Å². The molecule has 1 aromatic rings. The van der Waals surface area contributed by atoms with E-state index in [1.807, 2.05) is 12.1 Å². The molecule has 0 aliphatic carbocycles. The van der Waals surface area contributed by atoms with Gasteiger partial charge in [-0.25, -0.2) is 0 Å². The fraction of sp³-hybridized carbons (Fsp3) is 0.650. The van der Waals surface area contributed by atoms with Crippen LogP contribution >= 0.6 is 0 Å². The Morgan fingerprint density at radius 1 is 1.28 bits per heavy atom. The minimum Gasteiger partial charge on any atom is -0.493 e. The Kier molecular flexibility index (Phi) is 6.47. The molecule has 0 atom stereocenters. The van der Waals surface area contributed by atoms with Gasteiger partial charge >= 0.3 is 0 Å². The first-order chi connectivity index (χ1) is 11.7. The van der Waals surface area contributed by atoms with Crippen LogP contribution in [-0.4, -0.2) is 37.8 Å². The van der Waals surface area contributed by atoms with E-state index >= 15 is 0 Å². The molecular formula is C20H32N2O3. The molecule has 1 amide bonds. The maximum atomic E-state index is 12.5. The Labute approximate surface area is 151 Å². The highest BCUT2D eigenvalue weighted by molar-refractivity contribution is 5.86. The molecule has 1 heterocycles. The summed E-state index contributed by atoms with van der Waals surface area (Å²) in [4.78, 5) is 12.5. The van der Waals surface area contributed by atoms with Crippen molar-refractivity contribution in [3.05, 3.63) is 29.8 Å². The Hall–Kier alpha value is -1.59. The zero-order valence-electron chi connectivity index (χ0n) is 15.9. The molecule has 0 saturated carbocycles. The van der Waals surface area contributed by atoms with E-state index in [-0.39, 0.29) is 11.3 Å². The molecule has 1 saturated heterocycles. The third kappa shape index (κ3) is 5.44. The third-order valence-electron chi connectivity index (χ3n) is 4.75. The van der Waals surface area contributed by atoms with Crippen molar-refractivity contribution in [3.63, 3.8) is 0 Å². The summed E-state index contributed by atoms with van der Waals surface area (Å²) in [5, 5.41) is 3.04. The molecule has 0 spiro atoms. The molecule has 2 rings (SSSR count). The lowest BCUT2D eigenvalue weighted by molar-refractivity contribution is -0.130. The summed E-state index contributed by atoms with van der Waals surface area (Å²) >= 11 is 0. The van der Waals surface area contributed by atoms with Gasteiger partial charge in [-0.1, -0.05) is 39.8 Å². The number of nitrogens with two attached hydrogens (primary N) is 1. The highest BCUT2D eigenvalue weighted by Gasteiger charge is 2.36. The first-order valence-electron chi connectivity index (χ1n) is 9.11. The molecule has 0 unspecified atom stereocenters. The van der Waals surface area contributed by atoms with E-state index in [4.69, 9.17) is 15.2 Å². The van der Waals surface area contributed by atoms with Crippen molar-refractivity contribution >= 4 is 5.91 Å². The molecule has 0 bridgehead atoms. The van der Waals surface area contributed by atoms with E-state index in [9.17, 15) is 4.79 Å². The summed E-state index contributed by atoms with van der Waals surface area (Å²) in [7, 11) is 0. The van der Waals surface area contributed by atoms with Crippen LogP contribution in [0.4, 0.5) is 0 Å². The average Bonchev–Trinajstić information content (AvgIpc) is 2.59. The number of hydrogen-bond donors (Lipinski definition) is 2. The van der Waals surface area contributed by atoms with Crippen LogP contribution < -0.4 is 15.8 Å². The second kappa shape index (κ2) is 8.19. The Balaban J connectivity index is 1.93. The van der Waals surface area contributed by atoms with Gasteiger partial charge in [0.1, 0.15) is 5.75 Å². The predicted octanol–water partition coefficient (Wildman–Crippen LogP) is 2.62. The molecule has 1 aliphatic heterocycles. The molecule has 1 fully saturated rings. The van der Waals surface area contributed by atoms with Crippen LogP contribution in [0.3, 0.4) is 0 Å². The Morgan fingerprint density at radius 2 is 1.88 bits per heavy atom. The van der Waals surface area contributed by atoms with Gasteiger partial charge in [0.15, 0.2) is 0 Å². The van der Waals surface area contributed by atoms with Gasteiger partial charge in [0.2, 0.25) is 5.91 Å². The van der Waals surface area contributed by atoms with Gasteiger partial charge in [0.05, 0.1) is 12.1 Å². The number of rotatable bonds is 7. The Bertz CT molecular complexity index is 561. The molecule has 140 valence electrons. The summed E-state index contributed by atoms with van der Waals surface area (Å²) < 4.78 is 11.0. The van der Waals surface area contributed by atoms with Crippen molar-refractivity contribution < 1.29 is 14.3 Å². The zero-order valence-corrected chi connectivity index (χ0v) is 15.9. The minimum atomic E-state index is -0.803. The molecule has 1 aliphatic rings. The van der Waals surface area contributed by atoms with E-state index in [1.54, 1.807) is 0 Å². The van der Waals surface area contributed by atoms with Crippen LogP contribution in [0.5, 0.6) is 5.75 Å². The standard InChI is InChI=1S/C20H32N2O3/c1-15(2)13-25-17-7-5-16(6-8-17)19(3,4)14-22-18(23)20(21)9-11-24-12-10-20/h5-8,15H,9-14,21H2,1-4H3,(H,22,23). The van der Waals surface area contributed by atoms with Crippen LogP contribution in [-0.2, 0) is 14.9 Å². The molecule has 0 aromatic heterocycles. The molecule has 25 heavy (non-hydrogen) atoms. The molecular weight excluding hydrogens is 316 g/mol. The van der Waals surface area contributed by atoms with E-state index in [2.05, 4.69) is 45.1 Å². The summed E-state index contributed by atoms with van der Waals surface area (Å²) in [6, 6.07) is 8.11. The van der Waals surface area contributed by atoms with Gasteiger partial charge in [0, 0.05) is 25.2 Å². The van der Waals surface area contributed by atoms with Gasteiger partial charge in [-0.05, 0) is 36.5 Å². The first kappa shape index (κ1) is 19.7. The number of nitrogens with one attached hydrogen (secondary N) is 1. The van der Waals surface area contributed by atoms with E-state index < -0.39 is 5.54 Å². The number of ether oxygens (including phenoxy) is 2. The van der Waals surface area contributed by atoms with Crippen LogP contribution in [0.1, 0.15) is 46.1 Å². The van der Waals surface area contributed by atoms with Gasteiger partial charge in [0.25, 0.3) is 0 Å². The monoisotopic (exact) mass is 348 g/mol. The average molecular weight is 348 g/mol. The second-order valence-electron chi connectivity index (χ2n) is 8.06. The van der Waals surface area contributed by atoms with Crippen LogP contribution in [0.15, 0.2) is 24.3 Å². The maximum Gasteiger partial charge on any atom is 0.240 e. The SMILES string of the molecule is CC(C)COc1ccc(C(C)(C)CNC(=O)C2(N)CCOCC2)cc1. The molecule has 3 N–H and O–H groups in total. The Morgan fingerprint density at radius 3 is 2.44 bits per heavy atom. The van der Waals surface area contributed by atoms with E-state index in [1.165, 1.54) is 0 Å².